The monoisotopic (exact) mass is 425 g/mol. The molecule has 30 heavy (non-hydrogen) atoms. The van der Waals surface area contributed by atoms with Gasteiger partial charge in [0.2, 0.25) is 0 Å². The molecule has 5 nitrogen and oxygen atoms in total. The lowest BCUT2D eigenvalue weighted by atomic mass is 10.00. The van der Waals surface area contributed by atoms with Crippen LogP contribution in [0.1, 0.15) is 46.5 Å². The normalized spacial score (nSPS) is 22.1. The van der Waals surface area contributed by atoms with Gasteiger partial charge in [-0.3, -0.25) is 0 Å². The maximum Gasteiger partial charge on any atom is 0.0162 e. The molecule has 0 atom stereocenters. The molecule has 3 aliphatic rings. The highest BCUT2D eigenvalue weighted by molar-refractivity contribution is 5.02. The molecule has 0 unspecified atom stereocenters. The van der Waals surface area contributed by atoms with Gasteiger partial charge in [-0.25, -0.2) is 0 Å². The Bertz CT molecular complexity index is 368. The van der Waals surface area contributed by atoms with Crippen molar-refractivity contribution >= 4 is 0 Å². The fourth-order valence-corrected chi connectivity index (χ4v) is 3.36. The molecule has 0 amide bonds. The van der Waals surface area contributed by atoms with Crippen molar-refractivity contribution in [3.8, 4) is 0 Å². The van der Waals surface area contributed by atoms with Crippen molar-refractivity contribution in [1.82, 2.24) is 24.5 Å². The van der Waals surface area contributed by atoms with Gasteiger partial charge in [0.25, 0.3) is 0 Å². The molecule has 3 heterocycles. The minimum absolute atomic E-state index is 0.978. The van der Waals surface area contributed by atoms with Gasteiger partial charge in [0.15, 0.2) is 0 Å². The van der Waals surface area contributed by atoms with E-state index in [0.29, 0.717) is 0 Å². The van der Waals surface area contributed by atoms with Gasteiger partial charge in [-0.1, -0.05) is 25.5 Å². The summed E-state index contributed by atoms with van der Waals surface area (Å²) in [5, 5.41) is 0. The number of rotatable bonds is 2. The van der Waals surface area contributed by atoms with Crippen molar-refractivity contribution < 1.29 is 0 Å². The van der Waals surface area contributed by atoms with E-state index < -0.39 is 0 Å². The Morgan fingerprint density at radius 3 is 1.53 bits per heavy atom. The first-order chi connectivity index (χ1) is 14.1. The average molecular weight is 426 g/mol. The quantitative estimate of drug-likeness (QED) is 0.628. The average Bonchev–Trinajstić information content (AvgIpc) is 2.70. The summed E-state index contributed by atoms with van der Waals surface area (Å²) in [6.45, 7) is 17.9. The molecule has 0 bridgehead atoms. The van der Waals surface area contributed by atoms with E-state index in [2.05, 4.69) is 93.6 Å². The number of nitrogens with zero attached hydrogens (tertiary/aromatic N) is 5. The number of hydrogen-bond acceptors (Lipinski definition) is 5. The molecule has 5 heteroatoms. The molecular weight excluding hydrogens is 370 g/mol. The Morgan fingerprint density at radius 1 is 0.800 bits per heavy atom. The van der Waals surface area contributed by atoms with E-state index in [-0.39, 0.29) is 0 Å². The number of piperazine rings is 1. The summed E-state index contributed by atoms with van der Waals surface area (Å²) in [6, 6.07) is 0. The Hall–Kier alpha value is -0.460. The highest BCUT2D eigenvalue weighted by Gasteiger charge is 2.10. The highest BCUT2D eigenvalue weighted by Crippen LogP contribution is 2.13. The zero-order valence-electron chi connectivity index (χ0n) is 22.1. The summed E-state index contributed by atoms with van der Waals surface area (Å²) in [4.78, 5) is 11.6. The Kier molecular flexibility index (Phi) is 17.9. The maximum absolute atomic E-state index is 2.40. The molecule has 0 aromatic carbocycles. The molecule has 3 rings (SSSR count). The molecule has 0 saturated carbocycles. The van der Waals surface area contributed by atoms with Crippen molar-refractivity contribution in [3.05, 3.63) is 11.6 Å². The molecular formula is C25H55N5. The second-order valence-electron chi connectivity index (χ2n) is 9.96. The van der Waals surface area contributed by atoms with Crippen molar-refractivity contribution in [2.24, 2.45) is 5.92 Å². The fraction of sp³-hybridized carbons (Fsp3) is 0.920. The van der Waals surface area contributed by atoms with Crippen LogP contribution >= 0.6 is 0 Å². The summed E-state index contributed by atoms with van der Waals surface area (Å²) < 4.78 is 0. The largest absolute Gasteiger partial charge is 0.309 e. The number of likely N-dealkylation sites (N-methyl/N-ethyl adjacent to an activating group) is 3. The van der Waals surface area contributed by atoms with Crippen LogP contribution in [0, 0.1) is 5.92 Å². The van der Waals surface area contributed by atoms with Gasteiger partial charge in [-0.2, -0.15) is 0 Å². The molecule has 180 valence electrons. The third kappa shape index (κ3) is 18.3. The summed E-state index contributed by atoms with van der Waals surface area (Å²) >= 11 is 0. The van der Waals surface area contributed by atoms with Gasteiger partial charge in [-0.15, -0.1) is 0 Å². The topological polar surface area (TPSA) is 16.2 Å². The molecule has 2 fully saturated rings. The Balaban J connectivity index is 0.000000377. The summed E-state index contributed by atoms with van der Waals surface area (Å²) in [6.07, 6.45) is 7.61. The van der Waals surface area contributed by atoms with Crippen LogP contribution < -0.4 is 0 Å². The Morgan fingerprint density at radius 2 is 1.27 bits per heavy atom. The van der Waals surface area contributed by atoms with Crippen molar-refractivity contribution in [2.45, 2.75) is 46.5 Å². The zero-order valence-corrected chi connectivity index (χ0v) is 22.1. The predicted octanol–water partition coefficient (Wildman–Crippen LogP) is 3.44. The lowest BCUT2D eigenvalue weighted by Crippen LogP contribution is -2.42. The molecule has 2 saturated heterocycles. The highest BCUT2D eigenvalue weighted by atomic mass is 15.2. The van der Waals surface area contributed by atoms with E-state index in [1.165, 1.54) is 78.0 Å². The second kappa shape index (κ2) is 18.1. The van der Waals surface area contributed by atoms with Crippen molar-refractivity contribution in [2.75, 3.05) is 101 Å². The maximum atomic E-state index is 2.40. The minimum Gasteiger partial charge on any atom is -0.309 e. The first kappa shape index (κ1) is 29.5. The predicted molar refractivity (Wildman–Crippen MR) is 136 cm³/mol. The van der Waals surface area contributed by atoms with Crippen molar-refractivity contribution in [3.63, 3.8) is 0 Å². The van der Waals surface area contributed by atoms with Gasteiger partial charge >= 0.3 is 0 Å². The van der Waals surface area contributed by atoms with Crippen LogP contribution in [-0.2, 0) is 0 Å². The fourth-order valence-electron chi connectivity index (χ4n) is 3.36. The van der Waals surface area contributed by atoms with E-state index >= 15 is 0 Å². The Labute approximate surface area is 190 Å². The molecule has 0 spiro atoms. The third-order valence-electron chi connectivity index (χ3n) is 6.04. The first-order valence-electron chi connectivity index (χ1n) is 12.2. The molecule has 0 aromatic heterocycles. The minimum atomic E-state index is 0.978. The number of piperidine rings is 1. The van der Waals surface area contributed by atoms with Gasteiger partial charge < -0.3 is 24.5 Å². The van der Waals surface area contributed by atoms with Crippen LogP contribution in [0.5, 0.6) is 0 Å². The molecule has 0 N–H and O–H groups in total. The number of hydrogen-bond donors (Lipinski definition) is 0. The SMILES string of the molecule is CC1=CCN(C)CC1.CC1CCN(C)CC1.CCCN(C)C.CN1CCN(C)CC1. The standard InChI is InChI=1S/C7H15N.C7H13N.C6H14N2.C5H13N/c3*1-7-3-5-8(2)6-4-7;1-4-5-6(2)3/h7H,3-6H2,1-2H3;3H,4-6H2,1-2H3;3-6H2,1-2H3;4-5H2,1-3H3. The summed E-state index contributed by atoms with van der Waals surface area (Å²) in [5.41, 5.74) is 1.54. The molecule has 3 aliphatic heterocycles. The molecule has 0 aromatic rings. The van der Waals surface area contributed by atoms with Crippen LogP contribution in [0.2, 0.25) is 0 Å². The second-order valence-corrected chi connectivity index (χ2v) is 9.96. The van der Waals surface area contributed by atoms with E-state index in [9.17, 15) is 0 Å². The number of likely N-dealkylation sites (tertiary alicyclic amines) is 1. The van der Waals surface area contributed by atoms with Gasteiger partial charge in [0, 0.05) is 39.3 Å². The van der Waals surface area contributed by atoms with E-state index in [1.54, 1.807) is 5.57 Å². The lowest BCUT2D eigenvalue weighted by molar-refractivity contribution is 0.181. The first-order valence-corrected chi connectivity index (χ1v) is 12.2. The smallest absolute Gasteiger partial charge is 0.0162 e. The summed E-state index contributed by atoms with van der Waals surface area (Å²) in [5.74, 6) is 0.978. The summed E-state index contributed by atoms with van der Waals surface area (Å²) in [7, 11) is 12.9. The van der Waals surface area contributed by atoms with E-state index in [1.807, 2.05) is 0 Å². The van der Waals surface area contributed by atoms with E-state index in [4.69, 9.17) is 0 Å². The van der Waals surface area contributed by atoms with Crippen LogP contribution in [0.25, 0.3) is 0 Å². The molecule has 0 radical (unpaired) electrons. The van der Waals surface area contributed by atoms with Crippen LogP contribution in [0.4, 0.5) is 0 Å². The van der Waals surface area contributed by atoms with Crippen LogP contribution in [0.3, 0.4) is 0 Å². The zero-order chi connectivity index (χ0) is 22.9. The van der Waals surface area contributed by atoms with E-state index in [0.717, 1.165) is 12.5 Å². The third-order valence-corrected chi connectivity index (χ3v) is 6.04. The van der Waals surface area contributed by atoms with Crippen LogP contribution in [0.15, 0.2) is 11.6 Å². The molecule has 0 aliphatic carbocycles. The van der Waals surface area contributed by atoms with Crippen molar-refractivity contribution in [1.29, 1.82) is 0 Å². The van der Waals surface area contributed by atoms with Gasteiger partial charge in [0.05, 0.1) is 0 Å². The van der Waals surface area contributed by atoms with Gasteiger partial charge in [0.1, 0.15) is 0 Å². The van der Waals surface area contributed by atoms with Crippen LogP contribution in [-0.4, -0.2) is 126 Å². The van der Waals surface area contributed by atoms with Gasteiger partial charge in [-0.05, 0) is 100 Å². The lowest BCUT2D eigenvalue weighted by Gasteiger charge is -2.28.